The van der Waals surface area contributed by atoms with Crippen molar-refractivity contribution in [2.45, 2.75) is 39.3 Å². The number of hydrogen-bond donors (Lipinski definition) is 1. The SMILES string of the molecule is CCC(C#N)n1cc([C@H](C)N)nc1C. The van der Waals surface area contributed by atoms with Gasteiger partial charge >= 0.3 is 0 Å². The Labute approximate surface area is 84.4 Å². The first-order chi connectivity index (χ1) is 6.60. The predicted octanol–water partition coefficient (Wildman–Crippen LogP) is 1.69. The Hall–Kier alpha value is -1.34. The van der Waals surface area contributed by atoms with Crippen LogP contribution in [0.5, 0.6) is 0 Å². The van der Waals surface area contributed by atoms with Crippen LogP contribution in [-0.4, -0.2) is 9.55 Å². The summed E-state index contributed by atoms with van der Waals surface area (Å²) in [6.07, 6.45) is 2.66. The van der Waals surface area contributed by atoms with Crippen LogP contribution >= 0.6 is 0 Å². The summed E-state index contributed by atoms with van der Waals surface area (Å²) in [4.78, 5) is 4.31. The molecule has 1 unspecified atom stereocenters. The minimum Gasteiger partial charge on any atom is -0.323 e. The van der Waals surface area contributed by atoms with E-state index in [0.29, 0.717) is 0 Å². The topological polar surface area (TPSA) is 67.6 Å². The molecule has 0 amide bonds. The molecule has 0 bridgehead atoms. The second-order valence-electron chi connectivity index (χ2n) is 3.46. The quantitative estimate of drug-likeness (QED) is 0.792. The minimum absolute atomic E-state index is 0.0776. The van der Waals surface area contributed by atoms with Crippen molar-refractivity contribution >= 4 is 0 Å². The lowest BCUT2D eigenvalue weighted by atomic mass is 10.2. The maximum absolute atomic E-state index is 8.92. The third-order valence-electron chi connectivity index (χ3n) is 2.27. The fourth-order valence-electron chi connectivity index (χ4n) is 1.39. The van der Waals surface area contributed by atoms with Crippen molar-refractivity contribution in [2.24, 2.45) is 5.73 Å². The van der Waals surface area contributed by atoms with Gasteiger partial charge in [0.2, 0.25) is 0 Å². The number of nitrogens with zero attached hydrogens (tertiary/aromatic N) is 3. The zero-order valence-electron chi connectivity index (χ0n) is 8.86. The van der Waals surface area contributed by atoms with Gasteiger partial charge in [-0.05, 0) is 20.3 Å². The Morgan fingerprint density at radius 3 is 2.71 bits per heavy atom. The van der Waals surface area contributed by atoms with E-state index in [1.165, 1.54) is 0 Å². The van der Waals surface area contributed by atoms with Crippen molar-refractivity contribution in [1.29, 1.82) is 5.26 Å². The fraction of sp³-hybridized carbons (Fsp3) is 0.600. The minimum atomic E-state index is -0.130. The highest BCUT2D eigenvalue weighted by molar-refractivity contribution is 5.10. The van der Waals surface area contributed by atoms with Crippen LogP contribution in [0, 0.1) is 18.3 Å². The summed E-state index contributed by atoms with van der Waals surface area (Å²) in [7, 11) is 0. The van der Waals surface area contributed by atoms with E-state index in [1.807, 2.05) is 31.5 Å². The van der Waals surface area contributed by atoms with E-state index < -0.39 is 0 Å². The smallest absolute Gasteiger partial charge is 0.121 e. The van der Waals surface area contributed by atoms with Crippen molar-refractivity contribution in [3.8, 4) is 6.07 Å². The lowest BCUT2D eigenvalue weighted by Crippen LogP contribution is -2.07. The average Bonchev–Trinajstić information content (AvgIpc) is 2.51. The second-order valence-corrected chi connectivity index (χ2v) is 3.46. The number of rotatable bonds is 3. The van der Waals surface area contributed by atoms with E-state index in [0.717, 1.165) is 17.9 Å². The van der Waals surface area contributed by atoms with Crippen molar-refractivity contribution < 1.29 is 0 Å². The lowest BCUT2D eigenvalue weighted by Gasteiger charge is -2.08. The zero-order chi connectivity index (χ0) is 10.7. The highest BCUT2D eigenvalue weighted by Gasteiger charge is 2.13. The van der Waals surface area contributed by atoms with Gasteiger partial charge in [0.15, 0.2) is 0 Å². The van der Waals surface area contributed by atoms with Gasteiger partial charge in [0, 0.05) is 12.2 Å². The Balaban J connectivity index is 3.04. The summed E-state index contributed by atoms with van der Waals surface area (Å²) in [5, 5.41) is 8.92. The first kappa shape index (κ1) is 10.7. The second kappa shape index (κ2) is 4.25. The first-order valence-corrected chi connectivity index (χ1v) is 4.80. The van der Waals surface area contributed by atoms with Crippen molar-refractivity contribution in [3.63, 3.8) is 0 Å². The van der Waals surface area contributed by atoms with Gasteiger partial charge < -0.3 is 10.3 Å². The Morgan fingerprint density at radius 1 is 1.71 bits per heavy atom. The van der Waals surface area contributed by atoms with Crippen LogP contribution in [0.3, 0.4) is 0 Å². The van der Waals surface area contributed by atoms with E-state index in [9.17, 15) is 0 Å². The van der Waals surface area contributed by atoms with Gasteiger partial charge in [0.25, 0.3) is 0 Å². The first-order valence-electron chi connectivity index (χ1n) is 4.80. The molecule has 0 spiro atoms. The van der Waals surface area contributed by atoms with Crippen LogP contribution in [0.4, 0.5) is 0 Å². The summed E-state index contributed by atoms with van der Waals surface area (Å²) in [6, 6.07) is 2.04. The molecule has 2 atom stereocenters. The third-order valence-corrected chi connectivity index (χ3v) is 2.27. The van der Waals surface area contributed by atoms with Gasteiger partial charge in [-0.1, -0.05) is 6.92 Å². The molecule has 2 N–H and O–H groups in total. The number of nitrogens with two attached hydrogens (primary N) is 1. The summed E-state index contributed by atoms with van der Waals surface area (Å²) in [6.45, 7) is 5.77. The molecular weight excluding hydrogens is 176 g/mol. The standard InChI is InChI=1S/C10H16N4/c1-4-9(5-11)14-6-10(7(2)12)13-8(14)3/h6-7,9H,4,12H2,1-3H3/t7-,9?/m0/s1. The van der Waals surface area contributed by atoms with E-state index >= 15 is 0 Å². The van der Waals surface area contributed by atoms with Crippen LogP contribution in [0.15, 0.2) is 6.20 Å². The van der Waals surface area contributed by atoms with E-state index in [2.05, 4.69) is 11.1 Å². The molecule has 0 aliphatic heterocycles. The predicted molar refractivity (Wildman–Crippen MR) is 54.5 cm³/mol. The lowest BCUT2D eigenvalue weighted by molar-refractivity contribution is 0.580. The van der Waals surface area contributed by atoms with Crippen LogP contribution in [0.2, 0.25) is 0 Å². The van der Waals surface area contributed by atoms with E-state index in [-0.39, 0.29) is 12.1 Å². The monoisotopic (exact) mass is 192 g/mol. The van der Waals surface area contributed by atoms with Crippen molar-refractivity contribution in [3.05, 3.63) is 17.7 Å². The molecule has 0 radical (unpaired) electrons. The Kier molecular flexibility index (Phi) is 3.26. The van der Waals surface area contributed by atoms with Crippen LogP contribution in [0.25, 0.3) is 0 Å². The number of aryl methyl sites for hydroxylation is 1. The molecular formula is C10H16N4. The molecule has 0 saturated heterocycles. The largest absolute Gasteiger partial charge is 0.323 e. The summed E-state index contributed by atoms with van der Waals surface area (Å²) < 4.78 is 1.89. The maximum Gasteiger partial charge on any atom is 0.121 e. The summed E-state index contributed by atoms with van der Waals surface area (Å²) in [5.74, 6) is 0.853. The van der Waals surface area contributed by atoms with Crippen molar-refractivity contribution in [2.75, 3.05) is 0 Å². The van der Waals surface area contributed by atoms with E-state index in [4.69, 9.17) is 11.0 Å². The molecule has 14 heavy (non-hydrogen) atoms. The number of imidazole rings is 1. The number of hydrogen-bond acceptors (Lipinski definition) is 3. The molecule has 1 aromatic heterocycles. The number of nitriles is 1. The summed E-state index contributed by atoms with van der Waals surface area (Å²) >= 11 is 0. The molecule has 0 aromatic carbocycles. The van der Waals surface area contributed by atoms with Gasteiger partial charge in [0.1, 0.15) is 11.9 Å². The molecule has 4 heteroatoms. The molecule has 0 fully saturated rings. The molecule has 0 aliphatic carbocycles. The van der Waals surface area contributed by atoms with Gasteiger partial charge in [-0.15, -0.1) is 0 Å². The molecule has 0 aliphatic rings. The zero-order valence-corrected chi connectivity index (χ0v) is 8.86. The van der Waals surface area contributed by atoms with Gasteiger partial charge in [-0.2, -0.15) is 5.26 Å². The highest BCUT2D eigenvalue weighted by atomic mass is 15.1. The average molecular weight is 192 g/mol. The Bertz CT molecular complexity index is 345. The molecule has 76 valence electrons. The molecule has 1 aromatic rings. The molecule has 1 rings (SSSR count). The molecule has 1 heterocycles. The van der Waals surface area contributed by atoms with Crippen LogP contribution < -0.4 is 5.73 Å². The fourth-order valence-corrected chi connectivity index (χ4v) is 1.39. The van der Waals surface area contributed by atoms with Gasteiger partial charge in [-0.25, -0.2) is 4.98 Å². The van der Waals surface area contributed by atoms with E-state index in [1.54, 1.807) is 0 Å². The molecule has 0 saturated carbocycles. The van der Waals surface area contributed by atoms with Gasteiger partial charge in [-0.3, -0.25) is 0 Å². The van der Waals surface area contributed by atoms with Crippen LogP contribution in [-0.2, 0) is 0 Å². The highest BCUT2D eigenvalue weighted by Crippen LogP contribution is 2.16. The number of aromatic nitrogens is 2. The van der Waals surface area contributed by atoms with Crippen LogP contribution in [0.1, 0.15) is 43.9 Å². The van der Waals surface area contributed by atoms with Crippen molar-refractivity contribution in [1.82, 2.24) is 9.55 Å². The third kappa shape index (κ3) is 1.94. The normalized spacial score (nSPS) is 14.8. The maximum atomic E-state index is 8.92. The molecule has 4 nitrogen and oxygen atoms in total. The Morgan fingerprint density at radius 2 is 2.36 bits per heavy atom. The summed E-state index contributed by atoms with van der Waals surface area (Å²) in [5.41, 5.74) is 6.56. The van der Waals surface area contributed by atoms with Gasteiger partial charge in [0.05, 0.1) is 11.8 Å².